The lowest BCUT2D eigenvalue weighted by atomic mass is 9.79. The molecule has 1 aromatic carbocycles. The summed E-state index contributed by atoms with van der Waals surface area (Å²) >= 11 is 0. The summed E-state index contributed by atoms with van der Waals surface area (Å²) in [5, 5.41) is 12.0. The fourth-order valence-electron chi connectivity index (χ4n) is 4.16. The molecule has 2 unspecified atom stereocenters. The van der Waals surface area contributed by atoms with Gasteiger partial charge in [-0.25, -0.2) is 4.99 Å². The Morgan fingerprint density at radius 2 is 2.00 bits per heavy atom. The molecule has 0 aliphatic carbocycles. The SMILES string of the molecule is CCCCNC(=NCc1nnc(C)n1C)N1CCC(c2ccccc2)C(CC)C1. The highest BCUT2D eigenvalue weighted by Crippen LogP contribution is 2.34. The van der Waals surface area contributed by atoms with E-state index in [-0.39, 0.29) is 0 Å². The minimum absolute atomic E-state index is 0.557. The van der Waals surface area contributed by atoms with Crippen molar-refractivity contribution in [3.05, 3.63) is 47.5 Å². The van der Waals surface area contributed by atoms with Gasteiger partial charge >= 0.3 is 0 Å². The van der Waals surface area contributed by atoms with Gasteiger partial charge in [0, 0.05) is 26.7 Å². The van der Waals surface area contributed by atoms with Crippen LogP contribution in [-0.2, 0) is 13.6 Å². The van der Waals surface area contributed by atoms with Crippen molar-refractivity contribution in [1.29, 1.82) is 0 Å². The fraction of sp³-hybridized carbons (Fsp3) is 0.609. The molecule has 1 fully saturated rings. The molecule has 1 N–H and O–H groups in total. The van der Waals surface area contributed by atoms with Crippen molar-refractivity contribution < 1.29 is 0 Å². The molecular formula is C23H36N6. The quantitative estimate of drug-likeness (QED) is 0.438. The summed E-state index contributed by atoms with van der Waals surface area (Å²) in [4.78, 5) is 7.39. The highest BCUT2D eigenvalue weighted by atomic mass is 15.3. The minimum Gasteiger partial charge on any atom is -0.356 e. The number of guanidine groups is 1. The zero-order chi connectivity index (χ0) is 20.6. The van der Waals surface area contributed by atoms with Crippen LogP contribution in [0.2, 0.25) is 0 Å². The maximum Gasteiger partial charge on any atom is 0.194 e. The van der Waals surface area contributed by atoms with Gasteiger partial charge in [-0.2, -0.15) is 0 Å². The Kier molecular flexibility index (Phi) is 7.67. The largest absolute Gasteiger partial charge is 0.356 e. The molecular weight excluding hydrogens is 360 g/mol. The lowest BCUT2D eigenvalue weighted by Crippen LogP contribution is -2.48. The van der Waals surface area contributed by atoms with Gasteiger partial charge in [0.1, 0.15) is 12.4 Å². The number of aryl methyl sites for hydroxylation is 1. The number of benzene rings is 1. The van der Waals surface area contributed by atoms with Crippen molar-refractivity contribution in [3.63, 3.8) is 0 Å². The highest BCUT2D eigenvalue weighted by molar-refractivity contribution is 5.80. The average Bonchev–Trinajstić information content (AvgIpc) is 3.08. The minimum atomic E-state index is 0.557. The second-order valence-corrected chi connectivity index (χ2v) is 8.06. The fourth-order valence-corrected chi connectivity index (χ4v) is 4.16. The van der Waals surface area contributed by atoms with Crippen molar-refractivity contribution in [2.24, 2.45) is 18.0 Å². The third kappa shape index (κ3) is 5.37. The third-order valence-electron chi connectivity index (χ3n) is 6.15. The number of piperidine rings is 1. The lowest BCUT2D eigenvalue weighted by Gasteiger charge is -2.40. The van der Waals surface area contributed by atoms with Crippen LogP contribution in [0.25, 0.3) is 0 Å². The number of aliphatic imine (C=N–C) groups is 1. The van der Waals surface area contributed by atoms with Crippen LogP contribution < -0.4 is 5.32 Å². The molecule has 29 heavy (non-hydrogen) atoms. The number of hydrogen-bond donors (Lipinski definition) is 1. The first kappa shape index (κ1) is 21.3. The van der Waals surface area contributed by atoms with Crippen molar-refractivity contribution in [3.8, 4) is 0 Å². The molecule has 0 amide bonds. The molecule has 0 spiro atoms. The molecule has 0 bridgehead atoms. The van der Waals surface area contributed by atoms with Gasteiger partial charge in [-0.1, -0.05) is 57.0 Å². The van der Waals surface area contributed by atoms with E-state index < -0.39 is 0 Å². The van der Waals surface area contributed by atoms with Crippen LogP contribution in [-0.4, -0.2) is 45.3 Å². The number of rotatable bonds is 7. The Balaban J connectivity index is 1.73. The normalized spacial score (nSPS) is 20.1. The Bertz CT molecular complexity index is 782. The van der Waals surface area contributed by atoms with Gasteiger partial charge in [-0.05, 0) is 37.2 Å². The zero-order valence-corrected chi connectivity index (χ0v) is 18.4. The van der Waals surface area contributed by atoms with Gasteiger partial charge in [-0.3, -0.25) is 0 Å². The van der Waals surface area contributed by atoms with Crippen LogP contribution in [0.15, 0.2) is 35.3 Å². The Morgan fingerprint density at radius 1 is 1.21 bits per heavy atom. The zero-order valence-electron chi connectivity index (χ0n) is 18.4. The van der Waals surface area contributed by atoms with Crippen LogP contribution >= 0.6 is 0 Å². The Hall–Kier alpha value is -2.37. The number of nitrogens with zero attached hydrogens (tertiary/aromatic N) is 5. The van der Waals surface area contributed by atoms with Crippen molar-refractivity contribution >= 4 is 5.96 Å². The molecule has 0 radical (unpaired) electrons. The summed E-state index contributed by atoms with van der Waals surface area (Å²) in [7, 11) is 2.00. The molecule has 1 saturated heterocycles. The number of nitrogens with one attached hydrogen (secondary N) is 1. The van der Waals surface area contributed by atoms with E-state index in [1.54, 1.807) is 0 Å². The molecule has 1 aliphatic heterocycles. The third-order valence-corrected chi connectivity index (χ3v) is 6.15. The van der Waals surface area contributed by atoms with E-state index in [9.17, 15) is 0 Å². The standard InChI is InChI=1S/C23H36N6/c1-5-7-14-24-23(25-16-22-27-26-18(3)28(22)4)29-15-13-21(19(6-2)17-29)20-11-9-8-10-12-20/h8-12,19,21H,5-7,13-17H2,1-4H3,(H,24,25). The van der Waals surface area contributed by atoms with Gasteiger partial charge in [0.05, 0.1) is 0 Å². The van der Waals surface area contributed by atoms with E-state index in [0.717, 1.165) is 43.7 Å². The number of likely N-dealkylation sites (tertiary alicyclic amines) is 1. The molecule has 158 valence electrons. The van der Waals surface area contributed by atoms with E-state index >= 15 is 0 Å². The first-order valence-corrected chi connectivity index (χ1v) is 11.1. The monoisotopic (exact) mass is 396 g/mol. The molecule has 3 rings (SSSR count). The maximum absolute atomic E-state index is 4.94. The van der Waals surface area contributed by atoms with Crippen LogP contribution in [0.1, 0.15) is 62.7 Å². The van der Waals surface area contributed by atoms with E-state index in [1.165, 1.54) is 24.8 Å². The molecule has 2 atom stereocenters. The Labute approximate surface area is 175 Å². The van der Waals surface area contributed by atoms with Crippen LogP contribution in [0.3, 0.4) is 0 Å². The molecule has 6 heteroatoms. The molecule has 6 nitrogen and oxygen atoms in total. The first-order chi connectivity index (χ1) is 14.1. The van der Waals surface area contributed by atoms with Crippen molar-refractivity contribution in [1.82, 2.24) is 25.0 Å². The smallest absolute Gasteiger partial charge is 0.194 e. The predicted octanol–water partition coefficient (Wildman–Crippen LogP) is 3.88. The van der Waals surface area contributed by atoms with Gasteiger partial charge in [0.25, 0.3) is 0 Å². The van der Waals surface area contributed by atoms with Gasteiger partial charge in [0.2, 0.25) is 0 Å². The lowest BCUT2D eigenvalue weighted by molar-refractivity contribution is 0.215. The average molecular weight is 397 g/mol. The van der Waals surface area contributed by atoms with Gasteiger partial charge in [-0.15, -0.1) is 10.2 Å². The number of hydrogen-bond acceptors (Lipinski definition) is 3. The summed E-state index contributed by atoms with van der Waals surface area (Å²) in [5.41, 5.74) is 1.48. The van der Waals surface area contributed by atoms with Crippen LogP contribution in [0.5, 0.6) is 0 Å². The number of aromatic nitrogens is 3. The van der Waals surface area contributed by atoms with Gasteiger partial charge < -0.3 is 14.8 Å². The topological polar surface area (TPSA) is 58.3 Å². The van der Waals surface area contributed by atoms with E-state index in [1.807, 2.05) is 18.5 Å². The summed E-state index contributed by atoms with van der Waals surface area (Å²) < 4.78 is 2.02. The highest BCUT2D eigenvalue weighted by Gasteiger charge is 2.30. The number of unbranched alkanes of at least 4 members (excludes halogenated alkanes) is 1. The molecule has 1 aromatic heterocycles. The van der Waals surface area contributed by atoms with E-state index in [2.05, 4.69) is 64.6 Å². The summed E-state index contributed by atoms with van der Waals surface area (Å²) in [6.07, 6.45) is 4.68. The summed E-state index contributed by atoms with van der Waals surface area (Å²) in [6.45, 7) is 10.1. The Morgan fingerprint density at radius 3 is 2.66 bits per heavy atom. The molecule has 2 heterocycles. The van der Waals surface area contributed by atoms with Gasteiger partial charge in [0.15, 0.2) is 11.8 Å². The van der Waals surface area contributed by atoms with Crippen molar-refractivity contribution in [2.45, 2.75) is 58.9 Å². The predicted molar refractivity (Wildman–Crippen MR) is 119 cm³/mol. The molecule has 1 aliphatic rings. The molecule has 0 saturated carbocycles. The van der Waals surface area contributed by atoms with E-state index in [4.69, 9.17) is 4.99 Å². The first-order valence-electron chi connectivity index (χ1n) is 11.1. The second kappa shape index (κ2) is 10.4. The second-order valence-electron chi connectivity index (χ2n) is 8.06. The molecule has 2 aromatic rings. The maximum atomic E-state index is 4.94. The van der Waals surface area contributed by atoms with Crippen LogP contribution in [0, 0.1) is 12.8 Å². The van der Waals surface area contributed by atoms with Crippen LogP contribution in [0.4, 0.5) is 0 Å². The van der Waals surface area contributed by atoms with E-state index in [0.29, 0.717) is 18.4 Å². The van der Waals surface area contributed by atoms with Crippen molar-refractivity contribution in [2.75, 3.05) is 19.6 Å². The summed E-state index contributed by atoms with van der Waals surface area (Å²) in [6, 6.07) is 11.0. The summed E-state index contributed by atoms with van der Waals surface area (Å²) in [5.74, 6) is 4.12.